The Morgan fingerprint density at radius 2 is 2.21 bits per heavy atom. The van der Waals surface area contributed by atoms with Crippen molar-refractivity contribution >= 4 is 11.8 Å². The molecule has 0 radical (unpaired) electrons. The van der Waals surface area contributed by atoms with Gasteiger partial charge >= 0.3 is 6.03 Å². The van der Waals surface area contributed by atoms with Crippen LogP contribution in [0.5, 0.6) is 0 Å². The first-order valence-electron chi connectivity index (χ1n) is 8.60. The molecule has 0 aliphatic carbocycles. The van der Waals surface area contributed by atoms with Crippen LogP contribution in [0.15, 0.2) is 18.3 Å². The fraction of sp³-hybridized carbons (Fsp3) is 0.647. The molecule has 7 heteroatoms. The molecule has 2 saturated heterocycles. The Hall–Kier alpha value is -1.70. The van der Waals surface area contributed by atoms with Gasteiger partial charge < -0.3 is 14.8 Å². The Kier molecular flexibility index (Phi) is 6.01. The topological polar surface area (TPSA) is 75.7 Å². The van der Waals surface area contributed by atoms with Gasteiger partial charge in [-0.2, -0.15) is 0 Å². The molecule has 2 fully saturated rings. The lowest BCUT2D eigenvalue weighted by Gasteiger charge is -2.37. The number of carbonyl (C=O) groups excluding carboxylic acids is 1. The number of urea groups is 1. The van der Waals surface area contributed by atoms with Crippen LogP contribution in [0.1, 0.15) is 12.0 Å². The Morgan fingerprint density at radius 3 is 2.92 bits per heavy atom. The summed E-state index contributed by atoms with van der Waals surface area (Å²) in [7, 11) is 0. The molecule has 2 aliphatic rings. The molecule has 0 spiro atoms. The highest BCUT2D eigenvalue weighted by Gasteiger charge is 2.31. The molecule has 1 aromatic rings. The number of anilines is 1. The van der Waals surface area contributed by atoms with Crippen LogP contribution in [0.2, 0.25) is 0 Å². The monoisotopic (exact) mass is 334 g/mol. The van der Waals surface area contributed by atoms with E-state index in [1.165, 1.54) is 0 Å². The molecular weight excluding hydrogens is 308 g/mol. The average molecular weight is 334 g/mol. The SMILES string of the molecule is Cc1cccnc1NC(=O)NC[C@@H]([C@H]1CCOC1)N1CCOCC1. The van der Waals surface area contributed by atoms with E-state index in [2.05, 4.69) is 20.5 Å². The predicted molar refractivity (Wildman–Crippen MR) is 91.1 cm³/mol. The number of morpholine rings is 1. The molecule has 7 nitrogen and oxygen atoms in total. The fourth-order valence-electron chi connectivity index (χ4n) is 3.32. The van der Waals surface area contributed by atoms with E-state index in [-0.39, 0.29) is 12.1 Å². The van der Waals surface area contributed by atoms with Crippen molar-refractivity contribution < 1.29 is 14.3 Å². The molecule has 3 rings (SSSR count). The number of ether oxygens (including phenoxy) is 2. The maximum absolute atomic E-state index is 12.2. The van der Waals surface area contributed by atoms with Crippen molar-refractivity contribution in [2.45, 2.75) is 19.4 Å². The van der Waals surface area contributed by atoms with E-state index < -0.39 is 0 Å². The van der Waals surface area contributed by atoms with Gasteiger partial charge in [-0.3, -0.25) is 10.2 Å². The average Bonchev–Trinajstić information content (AvgIpc) is 3.12. The van der Waals surface area contributed by atoms with Crippen LogP contribution in [0.25, 0.3) is 0 Å². The van der Waals surface area contributed by atoms with Crippen LogP contribution in [0.4, 0.5) is 10.6 Å². The maximum Gasteiger partial charge on any atom is 0.320 e. The minimum Gasteiger partial charge on any atom is -0.381 e. The lowest BCUT2D eigenvalue weighted by molar-refractivity contribution is 0.00222. The van der Waals surface area contributed by atoms with E-state index in [1.54, 1.807) is 6.20 Å². The van der Waals surface area contributed by atoms with Crippen molar-refractivity contribution in [3.8, 4) is 0 Å². The Labute approximate surface area is 142 Å². The summed E-state index contributed by atoms with van der Waals surface area (Å²) in [5.41, 5.74) is 0.946. The van der Waals surface area contributed by atoms with Crippen LogP contribution >= 0.6 is 0 Å². The molecule has 132 valence electrons. The quantitative estimate of drug-likeness (QED) is 0.848. The number of pyridine rings is 1. The number of nitrogens with one attached hydrogen (secondary N) is 2. The molecule has 2 atom stereocenters. The van der Waals surface area contributed by atoms with Gasteiger partial charge in [0.2, 0.25) is 0 Å². The van der Waals surface area contributed by atoms with E-state index in [0.29, 0.717) is 18.3 Å². The van der Waals surface area contributed by atoms with Gasteiger partial charge in [-0.15, -0.1) is 0 Å². The number of carbonyl (C=O) groups is 1. The van der Waals surface area contributed by atoms with E-state index in [4.69, 9.17) is 9.47 Å². The summed E-state index contributed by atoms with van der Waals surface area (Å²) in [6, 6.07) is 3.85. The molecule has 24 heavy (non-hydrogen) atoms. The number of hydrogen-bond donors (Lipinski definition) is 2. The molecule has 3 heterocycles. The number of hydrogen-bond acceptors (Lipinski definition) is 5. The first-order valence-corrected chi connectivity index (χ1v) is 8.60. The van der Waals surface area contributed by atoms with Gasteiger partial charge in [-0.1, -0.05) is 6.07 Å². The number of aryl methyl sites for hydroxylation is 1. The summed E-state index contributed by atoms with van der Waals surface area (Å²) in [6.45, 7) is 7.43. The second-order valence-corrected chi connectivity index (χ2v) is 6.34. The Balaban J connectivity index is 1.56. The minimum absolute atomic E-state index is 0.214. The molecule has 2 amide bonds. The smallest absolute Gasteiger partial charge is 0.320 e. The molecule has 2 N–H and O–H groups in total. The second-order valence-electron chi connectivity index (χ2n) is 6.34. The molecule has 0 saturated carbocycles. The van der Waals surface area contributed by atoms with Gasteiger partial charge in [0.25, 0.3) is 0 Å². The maximum atomic E-state index is 12.2. The molecule has 2 aliphatic heterocycles. The van der Waals surface area contributed by atoms with Crippen molar-refractivity contribution in [1.82, 2.24) is 15.2 Å². The standard InChI is InChI=1S/C17H26N4O3/c1-13-3-2-5-18-16(13)20-17(22)19-11-15(14-4-8-24-12-14)21-6-9-23-10-7-21/h2-3,5,14-15H,4,6-12H2,1H3,(H2,18,19,20,22)/t14-,15-/m0/s1. The normalized spacial score (nSPS) is 23.0. The van der Waals surface area contributed by atoms with Gasteiger partial charge in [-0.25, -0.2) is 9.78 Å². The largest absolute Gasteiger partial charge is 0.381 e. The number of amides is 2. The van der Waals surface area contributed by atoms with Crippen molar-refractivity contribution in [2.75, 3.05) is 51.4 Å². The van der Waals surface area contributed by atoms with Crippen molar-refractivity contribution in [1.29, 1.82) is 0 Å². The van der Waals surface area contributed by atoms with Crippen LogP contribution in [-0.4, -0.2) is 68.0 Å². The first-order chi connectivity index (χ1) is 11.7. The zero-order valence-corrected chi connectivity index (χ0v) is 14.2. The summed E-state index contributed by atoms with van der Waals surface area (Å²) in [6.07, 6.45) is 2.72. The van der Waals surface area contributed by atoms with Gasteiger partial charge in [0.1, 0.15) is 5.82 Å². The van der Waals surface area contributed by atoms with E-state index in [9.17, 15) is 4.79 Å². The van der Waals surface area contributed by atoms with Crippen LogP contribution in [-0.2, 0) is 9.47 Å². The van der Waals surface area contributed by atoms with Gasteiger partial charge in [0.05, 0.1) is 19.8 Å². The van der Waals surface area contributed by atoms with Gasteiger partial charge in [-0.05, 0) is 25.0 Å². The van der Waals surface area contributed by atoms with Crippen molar-refractivity contribution in [3.05, 3.63) is 23.9 Å². The number of rotatable bonds is 5. The first kappa shape index (κ1) is 17.1. The Morgan fingerprint density at radius 1 is 1.38 bits per heavy atom. The Bertz CT molecular complexity index is 542. The lowest BCUT2D eigenvalue weighted by atomic mass is 9.97. The predicted octanol–water partition coefficient (Wildman–Crippen LogP) is 1.25. The highest BCUT2D eigenvalue weighted by Crippen LogP contribution is 2.22. The molecular formula is C17H26N4O3. The molecule has 0 unspecified atom stereocenters. The zero-order chi connectivity index (χ0) is 16.8. The third kappa shape index (κ3) is 4.43. The van der Waals surface area contributed by atoms with Crippen molar-refractivity contribution in [2.24, 2.45) is 5.92 Å². The fourth-order valence-corrected chi connectivity index (χ4v) is 3.32. The van der Waals surface area contributed by atoms with E-state index in [1.807, 2.05) is 19.1 Å². The van der Waals surface area contributed by atoms with Crippen molar-refractivity contribution in [3.63, 3.8) is 0 Å². The van der Waals surface area contributed by atoms with Crippen LogP contribution < -0.4 is 10.6 Å². The van der Waals surface area contributed by atoms with Gasteiger partial charge in [0.15, 0.2) is 0 Å². The summed E-state index contributed by atoms with van der Waals surface area (Å²) < 4.78 is 11.0. The minimum atomic E-state index is -0.214. The second kappa shape index (κ2) is 8.41. The number of aromatic nitrogens is 1. The van der Waals surface area contributed by atoms with E-state index >= 15 is 0 Å². The number of nitrogens with zero attached hydrogens (tertiary/aromatic N) is 2. The van der Waals surface area contributed by atoms with Crippen LogP contribution in [0, 0.1) is 12.8 Å². The highest BCUT2D eigenvalue weighted by molar-refractivity contribution is 5.88. The van der Waals surface area contributed by atoms with Crippen LogP contribution in [0.3, 0.4) is 0 Å². The summed E-state index contributed by atoms with van der Waals surface area (Å²) >= 11 is 0. The van der Waals surface area contributed by atoms with E-state index in [0.717, 1.165) is 51.5 Å². The molecule has 0 bridgehead atoms. The molecule has 0 aromatic carbocycles. The summed E-state index contributed by atoms with van der Waals surface area (Å²) in [5.74, 6) is 1.06. The molecule has 1 aromatic heterocycles. The third-order valence-electron chi connectivity index (χ3n) is 4.74. The third-order valence-corrected chi connectivity index (χ3v) is 4.74. The lowest BCUT2D eigenvalue weighted by Crippen LogP contribution is -2.52. The summed E-state index contributed by atoms with van der Waals surface area (Å²) in [5, 5.41) is 5.83. The summed E-state index contributed by atoms with van der Waals surface area (Å²) in [4.78, 5) is 18.8. The zero-order valence-electron chi connectivity index (χ0n) is 14.2. The van der Waals surface area contributed by atoms with Gasteiger partial charge in [0, 0.05) is 44.4 Å². The highest BCUT2D eigenvalue weighted by atomic mass is 16.5.